The van der Waals surface area contributed by atoms with Gasteiger partial charge in [-0.3, -0.25) is 0 Å². The van der Waals surface area contributed by atoms with Crippen LogP contribution in [0.5, 0.6) is 5.75 Å². The van der Waals surface area contributed by atoms with Gasteiger partial charge in [0, 0.05) is 26.2 Å². The minimum atomic E-state index is 0.187. The molecule has 120 valence electrons. The van der Waals surface area contributed by atoms with Gasteiger partial charge in [-0.1, -0.05) is 24.6 Å². The van der Waals surface area contributed by atoms with E-state index in [0.717, 1.165) is 25.0 Å². The van der Waals surface area contributed by atoms with Gasteiger partial charge in [0.05, 0.1) is 19.8 Å². The molecule has 4 nitrogen and oxygen atoms in total. The van der Waals surface area contributed by atoms with E-state index in [0.29, 0.717) is 26.4 Å². The van der Waals surface area contributed by atoms with Crippen LogP contribution >= 0.6 is 0 Å². The van der Waals surface area contributed by atoms with E-state index >= 15 is 0 Å². The SMILES string of the molecule is CCC(N)Cc1cc(C)ccc1OCCCOCCOC. The summed E-state index contributed by atoms with van der Waals surface area (Å²) in [5.74, 6) is 0.946. The van der Waals surface area contributed by atoms with Crippen LogP contribution in [0.2, 0.25) is 0 Å². The van der Waals surface area contributed by atoms with Gasteiger partial charge < -0.3 is 19.9 Å². The third kappa shape index (κ3) is 7.46. The standard InChI is InChI=1S/C17H29NO3/c1-4-16(18)13-15-12-14(2)6-7-17(15)21-9-5-8-20-11-10-19-3/h6-7,12,16H,4-5,8-11,13,18H2,1-3H3. The number of methoxy groups -OCH3 is 1. The summed E-state index contributed by atoms with van der Waals surface area (Å²) in [6.07, 6.45) is 2.70. The van der Waals surface area contributed by atoms with E-state index in [-0.39, 0.29) is 6.04 Å². The largest absolute Gasteiger partial charge is 0.493 e. The molecule has 21 heavy (non-hydrogen) atoms. The number of ether oxygens (including phenoxy) is 3. The lowest BCUT2D eigenvalue weighted by molar-refractivity contribution is 0.0644. The topological polar surface area (TPSA) is 53.7 Å². The molecule has 0 heterocycles. The van der Waals surface area contributed by atoms with Gasteiger partial charge in [-0.05, 0) is 31.4 Å². The lowest BCUT2D eigenvalue weighted by Crippen LogP contribution is -2.22. The molecular formula is C17H29NO3. The Bertz CT molecular complexity index is 396. The Morgan fingerprint density at radius 3 is 2.67 bits per heavy atom. The number of hydrogen-bond donors (Lipinski definition) is 1. The van der Waals surface area contributed by atoms with Gasteiger partial charge in [0.1, 0.15) is 5.75 Å². The Morgan fingerprint density at radius 1 is 1.14 bits per heavy atom. The second-order valence-electron chi connectivity index (χ2n) is 5.29. The summed E-state index contributed by atoms with van der Waals surface area (Å²) in [5.41, 5.74) is 8.50. The van der Waals surface area contributed by atoms with Crippen molar-refractivity contribution in [3.63, 3.8) is 0 Å². The zero-order valence-corrected chi connectivity index (χ0v) is 13.6. The predicted molar refractivity (Wildman–Crippen MR) is 86.0 cm³/mol. The summed E-state index contributed by atoms with van der Waals surface area (Å²) in [6, 6.07) is 6.47. The van der Waals surface area contributed by atoms with Crippen molar-refractivity contribution in [2.45, 2.75) is 39.2 Å². The van der Waals surface area contributed by atoms with E-state index in [9.17, 15) is 0 Å². The Morgan fingerprint density at radius 2 is 1.95 bits per heavy atom. The molecule has 0 fully saturated rings. The molecule has 0 saturated carbocycles. The number of hydrogen-bond acceptors (Lipinski definition) is 4. The van der Waals surface area contributed by atoms with Crippen LogP contribution in [0.4, 0.5) is 0 Å². The Hall–Kier alpha value is -1.10. The van der Waals surface area contributed by atoms with Crippen molar-refractivity contribution in [2.24, 2.45) is 5.73 Å². The summed E-state index contributed by atoms with van der Waals surface area (Å²) in [7, 11) is 1.67. The molecule has 0 radical (unpaired) electrons. The van der Waals surface area contributed by atoms with Crippen LogP contribution in [0.15, 0.2) is 18.2 Å². The Labute approximate surface area is 128 Å². The van der Waals surface area contributed by atoms with Crippen molar-refractivity contribution < 1.29 is 14.2 Å². The number of nitrogens with two attached hydrogens (primary N) is 1. The normalized spacial score (nSPS) is 12.4. The van der Waals surface area contributed by atoms with Crippen LogP contribution < -0.4 is 10.5 Å². The molecule has 1 unspecified atom stereocenters. The third-order valence-corrected chi connectivity index (χ3v) is 3.34. The third-order valence-electron chi connectivity index (χ3n) is 3.34. The lowest BCUT2D eigenvalue weighted by atomic mass is 10.0. The molecule has 1 aromatic rings. The first-order valence-electron chi connectivity index (χ1n) is 7.72. The van der Waals surface area contributed by atoms with Gasteiger partial charge in [0.25, 0.3) is 0 Å². The highest BCUT2D eigenvalue weighted by atomic mass is 16.5. The number of aryl methyl sites for hydroxylation is 1. The monoisotopic (exact) mass is 295 g/mol. The average Bonchev–Trinajstić information content (AvgIpc) is 2.48. The maximum Gasteiger partial charge on any atom is 0.122 e. The zero-order valence-electron chi connectivity index (χ0n) is 13.6. The highest BCUT2D eigenvalue weighted by molar-refractivity contribution is 5.37. The molecule has 0 spiro atoms. The quantitative estimate of drug-likeness (QED) is 0.638. The van der Waals surface area contributed by atoms with Crippen LogP contribution in [0, 0.1) is 6.92 Å². The first kappa shape index (κ1) is 18.0. The summed E-state index contributed by atoms with van der Waals surface area (Å²) in [5, 5.41) is 0. The van der Waals surface area contributed by atoms with Crippen LogP contribution in [-0.2, 0) is 15.9 Å². The first-order chi connectivity index (χ1) is 10.2. The van der Waals surface area contributed by atoms with E-state index in [1.165, 1.54) is 11.1 Å². The molecule has 0 aromatic heterocycles. The molecule has 1 rings (SSSR count). The minimum absolute atomic E-state index is 0.187. The van der Waals surface area contributed by atoms with Crippen molar-refractivity contribution in [1.82, 2.24) is 0 Å². The van der Waals surface area contributed by atoms with Crippen molar-refractivity contribution in [2.75, 3.05) is 33.5 Å². The fourth-order valence-electron chi connectivity index (χ4n) is 2.02. The van der Waals surface area contributed by atoms with Gasteiger partial charge in [-0.25, -0.2) is 0 Å². The van der Waals surface area contributed by atoms with Crippen LogP contribution in [-0.4, -0.2) is 39.6 Å². The zero-order chi connectivity index (χ0) is 15.5. The summed E-state index contributed by atoms with van der Waals surface area (Å²) in [4.78, 5) is 0. The average molecular weight is 295 g/mol. The van der Waals surface area contributed by atoms with Crippen LogP contribution in [0.25, 0.3) is 0 Å². The van der Waals surface area contributed by atoms with E-state index in [1.54, 1.807) is 7.11 Å². The molecule has 0 amide bonds. The van der Waals surface area contributed by atoms with Gasteiger partial charge in [0.2, 0.25) is 0 Å². The molecule has 0 aliphatic rings. The fraction of sp³-hybridized carbons (Fsp3) is 0.647. The molecule has 0 bridgehead atoms. The maximum atomic E-state index is 6.06. The summed E-state index contributed by atoms with van der Waals surface area (Å²) >= 11 is 0. The van der Waals surface area contributed by atoms with Gasteiger partial charge in [0.15, 0.2) is 0 Å². The fourth-order valence-corrected chi connectivity index (χ4v) is 2.02. The lowest BCUT2D eigenvalue weighted by Gasteiger charge is -2.15. The second-order valence-corrected chi connectivity index (χ2v) is 5.29. The van der Waals surface area contributed by atoms with Crippen molar-refractivity contribution in [3.05, 3.63) is 29.3 Å². The molecule has 0 saturated heterocycles. The van der Waals surface area contributed by atoms with Gasteiger partial charge >= 0.3 is 0 Å². The van der Waals surface area contributed by atoms with Crippen molar-refractivity contribution in [1.29, 1.82) is 0 Å². The van der Waals surface area contributed by atoms with E-state index < -0.39 is 0 Å². The molecule has 1 atom stereocenters. The summed E-state index contributed by atoms with van der Waals surface area (Å²) in [6.45, 7) is 6.83. The first-order valence-corrected chi connectivity index (χ1v) is 7.72. The smallest absolute Gasteiger partial charge is 0.122 e. The molecule has 0 aliphatic heterocycles. The van der Waals surface area contributed by atoms with Crippen molar-refractivity contribution in [3.8, 4) is 5.75 Å². The second kappa shape index (κ2) is 10.6. The summed E-state index contributed by atoms with van der Waals surface area (Å²) < 4.78 is 16.2. The minimum Gasteiger partial charge on any atom is -0.493 e. The van der Waals surface area contributed by atoms with Crippen LogP contribution in [0.1, 0.15) is 30.9 Å². The Kier molecular flexibility index (Phi) is 9.06. The van der Waals surface area contributed by atoms with Crippen LogP contribution in [0.3, 0.4) is 0 Å². The van der Waals surface area contributed by atoms with E-state index in [2.05, 4.69) is 26.0 Å². The highest BCUT2D eigenvalue weighted by Crippen LogP contribution is 2.22. The number of rotatable bonds is 11. The molecule has 4 heteroatoms. The van der Waals surface area contributed by atoms with E-state index in [4.69, 9.17) is 19.9 Å². The van der Waals surface area contributed by atoms with Crippen molar-refractivity contribution >= 4 is 0 Å². The van der Waals surface area contributed by atoms with Gasteiger partial charge in [-0.15, -0.1) is 0 Å². The molecule has 1 aromatic carbocycles. The predicted octanol–water partition coefficient (Wildman–Crippen LogP) is 2.71. The molecule has 0 aliphatic carbocycles. The molecule has 2 N–H and O–H groups in total. The highest BCUT2D eigenvalue weighted by Gasteiger charge is 2.08. The van der Waals surface area contributed by atoms with Gasteiger partial charge in [-0.2, -0.15) is 0 Å². The maximum absolute atomic E-state index is 6.06. The Balaban J connectivity index is 2.39. The number of benzene rings is 1. The van der Waals surface area contributed by atoms with E-state index in [1.807, 2.05) is 6.07 Å². The molecular weight excluding hydrogens is 266 g/mol.